The van der Waals surface area contributed by atoms with Crippen molar-refractivity contribution in [2.45, 2.75) is 24.9 Å². The van der Waals surface area contributed by atoms with Gasteiger partial charge in [0, 0.05) is 12.0 Å². The van der Waals surface area contributed by atoms with Crippen molar-refractivity contribution < 1.29 is 23.5 Å². The van der Waals surface area contributed by atoms with Gasteiger partial charge in [-0.25, -0.2) is 4.79 Å². The number of nitrogens with one attached hydrogen (secondary N) is 1. The Hall–Kier alpha value is -3.54. The molecule has 3 aromatic rings. The molecule has 1 N–H and O–H groups in total. The predicted octanol–water partition coefficient (Wildman–Crippen LogP) is 3.86. The summed E-state index contributed by atoms with van der Waals surface area (Å²) < 4.78 is 16.1. The number of carbonyl (C=O) groups excluding carboxylic acids is 2. The highest BCUT2D eigenvalue weighted by Gasteiger charge is 2.44. The number of rotatable bonds is 9. The number of esters is 1. The summed E-state index contributed by atoms with van der Waals surface area (Å²) in [4.78, 5) is 24.2. The van der Waals surface area contributed by atoms with Crippen LogP contribution in [-0.4, -0.2) is 25.0 Å². The van der Waals surface area contributed by atoms with Crippen molar-refractivity contribution in [3.8, 4) is 5.75 Å². The monoisotopic (exact) mass is 405 g/mol. The normalized spacial score (nSPS) is 14.0. The Balaban J connectivity index is 1.21. The van der Waals surface area contributed by atoms with Crippen molar-refractivity contribution >= 4 is 11.9 Å². The molecule has 0 atom stereocenters. The molecule has 1 aromatic heterocycles. The highest BCUT2D eigenvalue weighted by molar-refractivity contribution is 5.88. The Morgan fingerprint density at radius 3 is 2.33 bits per heavy atom. The molecule has 1 aliphatic carbocycles. The summed E-state index contributed by atoms with van der Waals surface area (Å²) >= 11 is 0. The first-order chi connectivity index (χ1) is 14.6. The summed E-state index contributed by atoms with van der Waals surface area (Å²) in [6, 6.07) is 22.6. The molecular formula is C24H23NO5. The molecule has 6 nitrogen and oxygen atoms in total. The fourth-order valence-electron chi connectivity index (χ4n) is 3.27. The van der Waals surface area contributed by atoms with Gasteiger partial charge in [0.1, 0.15) is 18.1 Å². The van der Waals surface area contributed by atoms with Crippen LogP contribution in [0.4, 0.5) is 0 Å². The molecule has 0 saturated heterocycles. The Bertz CT molecular complexity index is 993. The summed E-state index contributed by atoms with van der Waals surface area (Å²) in [5, 5.41) is 2.87. The summed E-state index contributed by atoms with van der Waals surface area (Å²) in [6.07, 6.45) is 2.08. The topological polar surface area (TPSA) is 77.8 Å². The fraction of sp³-hybridized carbons (Fsp3) is 0.250. The van der Waals surface area contributed by atoms with Crippen molar-refractivity contribution in [2.24, 2.45) is 0 Å². The van der Waals surface area contributed by atoms with Crippen LogP contribution in [0.3, 0.4) is 0 Å². The molecule has 0 unspecified atom stereocenters. The second-order valence-electron chi connectivity index (χ2n) is 7.37. The largest absolute Gasteiger partial charge is 0.486 e. The van der Waals surface area contributed by atoms with Crippen LogP contribution < -0.4 is 10.1 Å². The minimum Gasteiger partial charge on any atom is -0.486 e. The van der Waals surface area contributed by atoms with E-state index in [0.717, 1.165) is 12.8 Å². The quantitative estimate of drug-likeness (QED) is 0.547. The highest BCUT2D eigenvalue weighted by Crippen LogP contribution is 2.47. The van der Waals surface area contributed by atoms with Crippen LogP contribution in [0.25, 0.3) is 0 Å². The first-order valence-electron chi connectivity index (χ1n) is 9.91. The van der Waals surface area contributed by atoms with Crippen molar-refractivity contribution in [2.75, 3.05) is 13.2 Å². The van der Waals surface area contributed by atoms with E-state index < -0.39 is 5.97 Å². The number of furan rings is 1. The average Bonchev–Trinajstić information content (AvgIpc) is 3.44. The minimum atomic E-state index is -0.680. The molecule has 0 bridgehead atoms. The number of carbonyl (C=O) groups is 2. The van der Waals surface area contributed by atoms with Crippen LogP contribution in [0.15, 0.2) is 77.2 Å². The maximum atomic E-state index is 12.1. The zero-order chi connectivity index (χ0) is 20.8. The molecule has 30 heavy (non-hydrogen) atoms. The van der Waals surface area contributed by atoms with Gasteiger partial charge in [-0.15, -0.1) is 0 Å². The van der Waals surface area contributed by atoms with Gasteiger partial charge in [-0.1, -0.05) is 48.5 Å². The van der Waals surface area contributed by atoms with Gasteiger partial charge in [-0.05, 0) is 42.7 Å². The van der Waals surface area contributed by atoms with Gasteiger partial charge in [0.15, 0.2) is 6.61 Å². The highest BCUT2D eigenvalue weighted by atomic mass is 16.6. The van der Waals surface area contributed by atoms with Gasteiger partial charge in [-0.2, -0.15) is 0 Å². The Morgan fingerprint density at radius 2 is 1.63 bits per heavy atom. The third-order valence-electron chi connectivity index (χ3n) is 5.19. The molecule has 0 aliphatic heterocycles. The number of hydrogen-bond donors (Lipinski definition) is 1. The number of amides is 1. The lowest BCUT2D eigenvalue weighted by atomic mass is 9.96. The van der Waals surface area contributed by atoms with E-state index in [1.807, 2.05) is 48.5 Å². The van der Waals surface area contributed by atoms with Crippen LogP contribution in [0, 0.1) is 0 Å². The number of hydrogen-bond acceptors (Lipinski definition) is 5. The summed E-state index contributed by atoms with van der Waals surface area (Å²) in [5.41, 5.74) is 1.23. The molecule has 1 heterocycles. The van der Waals surface area contributed by atoms with E-state index >= 15 is 0 Å². The molecular weight excluding hydrogens is 382 g/mol. The summed E-state index contributed by atoms with van der Waals surface area (Å²) in [6.45, 7) is 0.384. The molecule has 154 valence electrons. The molecule has 1 aliphatic rings. The van der Waals surface area contributed by atoms with Crippen LogP contribution in [-0.2, 0) is 21.6 Å². The van der Waals surface area contributed by atoms with Crippen molar-refractivity contribution in [3.63, 3.8) is 0 Å². The Labute approximate surface area is 174 Å². The van der Waals surface area contributed by atoms with E-state index in [1.54, 1.807) is 6.07 Å². The molecule has 0 radical (unpaired) electrons. The lowest BCUT2D eigenvalue weighted by Crippen LogP contribution is -2.35. The Morgan fingerprint density at radius 1 is 0.933 bits per heavy atom. The molecule has 1 fully saturated rings. The Kier molecular flexibility index (Phi) is 5.84. The summed E-state index contributed by atoms with van der Waals surface area (Å²) in [5.74, 6) is 0.231. The second kappa shape index (κ2) is 8.86. The fourth-order valence-corrected chi connectivity index (χ4v) is 3.27. The molecule has 1 amide bonds. The van der Waals surface area contributed by atoms with Gasteiger partial charge in [0.05, 0.1) is 0 Å². The predicted molar refractivity (Wildman–Crippen MR) is 110 cm³/mol. The van der Waals surface area contributed by atoms with E-state index in [2.05, 4.69) is 17.4 Å². The maximum Gasteiger partial charge on any atom is 0.374 e. The van der Waals surface area contributed by atoms with Gasteiger partial charge in [-0.3, -0.25) is 4.79 Å². The van der Waals surface area contributed by atoms with E-state index in [0.29, 0.717) is 18.1 Å². The van der Waals surface area contributed by atoms with Gasteiger partial charge < -0.3 is 19.2 Å². The molecule has 6 heteroatoms. The lowest BCUT2D eigenvalue weighted by molar-refractivity contribution is -0.124. The standard InChI is InChI=1S/C24H23NO5/c26-22(25-17-24(13-14-24)18-7-3-1-4-8-18)16-29-23(27)21-12-11-20(30-21)15-28-19-9-5-2-6-10-19/h1-12H,13-17H2,(H,25,26). The third kappa shape index (κ3) is 4.89. The zero-order valence-corrected chi connectivity index (χ0v) is 16.5. The van der Waals surface area contributed by atoms with E-state index in [1.165, 1.54) is 11.6 Å². The molecule has 2 aromatic carbocycles. The minimum absolute atomic E-state index is 0.00952. The number of benzene rings is 2. The average molecular weight is 405 g/mol. The van der Waals surface area contributed by atoms with E-state index in [-0.39, 0.29) is 30.3 Å². The van der Waals surface area contributed by atoms with E-state index in [4.69, 9.17) is 13.9 Å². The van der Waals surface area contributed by atoms with Crippen molar-refractivity contribution in [1.29, 1.82) is 0 Å². The number of ether oxygens (including phenoxy) is 2. The van der Waals surface area contributed by atoms with Crippen LogP contribution in [0.5, 0.6) is 5.75 Å². The molecule has 0 spiro atoms. The smallest absolute Gasteiger partial charge is 0.374 e. The molecule has 4 rings (SSSR count). The van der Waals surface area contributed by atoms with Crippen LogP contribution >= 0.6 is 0 Å². The van der Waals surface area contributed by atoms with Gasteiger partial charge >= 0.3 is 5.97 Å². The van der Waals surface area contributed by atoms with Crippen molar-refractivity contribution in [3.05, 3.63) is 89.9 Å². The molecule has 1 saturated carbocycles. The summed E-state index contributed by atoms with van der Waals surface area (Å²) in [7, 11) is 0. The third-order valence-corrected chi connectivity index (χ3v) is 5.19. The van der Waals surface area contributed by atoms with Gasteiger partial charge in [0.2, 0.25) is 5.76 Å². The SMILES string of the molecule is O=C(COC(=O)c1ccc(COc2ccccc2)o1)NCC1(c2ccccc2)CC1. The first kappa shape index (κ1) is 19.8. The first-order valence-corrected chi connectivity index (χ1v) is 9.91. The lowest BCUT2D eigenvalue weighted by Gasteiger charge is -2.16. The maximum absolute atomic E-state index is 12.1. The van der Waals surface area contributed by atoms with Gasteiger partial charge in [0.25, 0.3) is 5.91 Å². The zero-order valence-electron chi connectivity index (χ0n) is 16.5. The number of para-hydroxylation sites is 1. The van der Waals surface area contributed by atoms with E-state index in [9.17, 15) is 9.59 Å². The van der Waals surface area contributed by atoms with Crippen molar-refractivity contribution in [1.82, 2.24) is 5.32 Å². The second-order valence-corrected chi connectivity index (χ2v) is 7.37. The van der Waals surface area contributed by atoms with Crippen LogP contribution in [0.1, 0.15) is 34.7 Å². The van der Waals surface area contributed by atoms with Crippen LogP contribution in [0.2, 0.25) is 0 Å².